The molecule has 10 heteroatoms. The number of aromatic nitrogens is 2. The van der Waals surface area contributed by atoms with Crippen LogP contribution in [0.1, 0.15) is 60.9 Å². The Morgan fingerprint density at radius 1 is 1.16 bits per heavy atom. The molecule has 1 amide bonds. The standard InChI is InChI=1S/C22H25F3N6O/c1-26-19(32)11-31-17-7-8-18(31)15-9-13(5-6-14(15)17)29-21-27-10-16(22(23,24)25)20(30-21)28-12-3-2-4-12/h5-6,9-10,12,17-18H,2-4,7-8,11H2,1H3,(H,26,32)(H2,27,28,29,30). The fourth-order valence-electron chi connectivity index (χ4n) is 4.88. The number of rotatable bonds is 6. The van der Waals surface area contributed by atoms with Crippen LogP contribution in [0.15, 0.2) is 24.4 Å². The molecular weight excluding hydrogens is 421 g/mol. The smallest absolute Gasteiger partial charge is 0.367 e. The highest BCUT2D eigenvalue weighted by molar-refractivity contribution is 5.78. The number of carbonyl (C=O) groups is 1. The summed E-state index contributed by atoms with van der Waals surface area (Å²) >= 11 is 0. The minimum Gasteiger partial charge on any atom is -0.367 e. The number of hydrogen-bond acceptors (Lipinski definition) is 6. The molecule has 1 aromatic heterocycles. The summed E-state index contributed by atoms with van der Waals surface area (Å²) in [5, 5.41) is 8.66. The first kappa shape index (κ1) is 21.0. The number of nitrogens with one attached hydrogen (secondary N) is 3. The monoisotopic (exact) mass is 446 g/mol. The number of likely N-dealkylation sites (N-methyl/N-ethyl adjacent to an activating group) is 1. The van der Waals surface area contributed by atoms with Gasteiger partial charge in [-0.1, -0.05) is 6.07 Å². The molecular formula is C22H25F3N6O. The number of alkyl halides is 3. The van der Waals surface area contributed by atoms with Crippen LogP contribution >= 0.6 is 0 Å². The Balaban J connectivity index is 1.38. The number of benzene rings is 1. The molecule has 2 atom stereocenters. The van der Waals surface area contributed by atoms with E-state index in [1.165, 1.54) is 5.56 Å². The lowest BCUT2D eigenvalue weighted by Gasteiger charge is -2.28. The Labute approximate surface area is 183 Å². The van der Waals surface area contributed by atoms with Crippen molar-refractivity contribution in [2.45, 2.75) is 56.4 Å². The Morgan fingerprint density at radius 3 is 2.56 bits per heavy atom. The SMILES string of the molecule is CNC(=O)CN1C2CCC1c1cc(Nc3ncc(C(F)(F)F)c(NC4CCC4)n3)ccc12. The van der Waals surface area contributed by atoms with Gasteiger partial charge in [0.2, 0.25) is 11.9 Å². The van der Waals surface area contributed by atoms with Crippen LogP contribution in [0.2, 0.25) is 0 Å². The molecule has 2 fully saturated rings. The van der Waals surface area contributed by atoms with Crippen LogP contribution in [0.4, 0.5) is 30.6 Å². The van der Waals surface area contributed by atoms with Crippen LogP contribution in [0, 0.1) is 0 Å². The number of amides is 1. The van der Waals surface area contributed by atoms with Gasteiger partial charge in [-0.25, -0.2) is 4.98 Å². The van der Waals surface area contributed by atoms with E-state index in [1.54, 1.807) is 7.05 Å². The van der Waals surface area contributed by atoms with Gasteiger partial charge < -0.3 is 16.0 Å². The van der Waals surface area contributed by atoms with Gasteiger partial charge in [-0.05, 0) is 55.4 Å². The summed E-state index contributed by atoms with van der Waals surface area (Å²) in [6, 6.07) is 6.31. The van der Waals surface area contributed by atoms with Crippen LogP contribution < -0.4 is 16.0 Å². The lowest BCUT2D eigenvalue weighted by atomic mass is 9.91. The van der Waals surface area contributed by atoms with Crippen molar-refractivity contribution in [1.82, 2.24) is 20.2 Å². The highest BCUT2D eigenvalue weighted by Gasteiger charge is 2.44. The van der Waals surface area contributed by atoms with Gasteiger partial charge in [0.25, 0.3) is 0 Å². The van der Waals surface area contributed by atoms with Gasteiger partial charge in [0, 0.05) is 37.1 Å². The molecule has 0 spiro atoms. The minimum absolute atomic E-state index is 0.0145. The van der Waals surface area contributed by atoms with E-state index in [-0.39, 0.29) is 35.8 Å². The number of anilines is 3. The molecule has 2 aromatic rings. The van der Waals surface area contributed by atoms with E-state index >= 15 is 0 Å². The third-order valence-electron chi connectivity index (χ3n) is 6.72. The molecule has 170 valence electrons. The van der Waals surface area contributed by atoms with E-state index in [9.17, 15) is 18.0 Å². The van der Waals surface area contributed by atoms with Crippen molar-refractivity contribution in [2.75, 3.05) is 24.2 Å². The highest BCUT2D eigenvalue weighted by Crippen LogP contribution is 2.53. The summed E-state index contributed by atoms with van der Waals surface area (Å²) in [5.74, 6) is -0.0838. The Morgan fingerprint density at radius 2 is 1.91 bits per heavy atom. The van der Waals surface area contributed by atoms with Crippen LogP contribution in [-0.4, -0.2) is 40.4 Å². The molecule has 32 heavy (non-hydrogen) atoms. The van der Waals surface area contributed by atoms with Gasteiger partial charge in [0.1, 0.15) is 11.4 Å². The Bertz CT molecular complexity index is 1040. The van der Waals surface area contributed by atoms with Crippen molar-refractivity contribution in [3.8, 4) is 0 Å². The zero-order valence-electron chi connectivity index (χ0n) is 17.7. The maximum Gasteiger partial charge on any atom is 0.421 e. The van der Waals surface area contributed by atoms with Crippen molar-refractivity contribution in [1.29, 1.82) is 0 Å². The maximum absolute atomic E-state index is 13.4. The molecule has 2 unspecified atom stereocenters. The second-order valence-electron chi connectivity index (χ2n) is 8.65. The van der Waals surface area contributed by atoms with Crippen molar-refractivity contribution in [3.05, 3.63) is 41.1 Å². The van der Waals surface area contributed by atoms with E-state index in [1.807, 2.05) is 18.2 Å². The molecule has 1 aliphatic carbocycles. The largest absolute Gasteiger partial charge is 0.421 e. The average Bonchev–Trinajstić information content (AvgIpc) is 3.25. The predicted octanol–water partition coefficient (Wildman–Crippen LogP) is 4.14. The molecule has 2 bridgehead atoms. The zero-order valence-corrected chi connectivity index (χ0v) is 17.7. The highest BCUT2D eigenvalue weighted by atomic mass is 19.4. The first-order valence-corrected chi connectivity index (χ1v) is 10.9. The minimum atomic E-state index is -4.52. The third-order valence-corrected chi connectivity index (χ3v) is 6.72. The first-order valence-electron chi connectivity index (χ1n) is 10.9. The van der Waals surface area contributed by atoms with Crippen LogP contribution in [0.25, 0.3) is 0 Å². The summed E-state index contributed by atoms with van der Waals surface area (Å²) < 4.78 is 40.2. The van der Waals surface area contributed by atoms with Gasteiger partial charge in [-0.2, -0.15) is 18.2 Å². The van der Waals surface area contributed by atoms with E-state index < -0.39 is 11.7 Å². The van der Waals surface area contributed by atoms with Crippen LogP contribution in [0.5, 0.6) is 0 Å². The number of halogens is 3. The summed E-state index contributed by atoms with van der Waals surface area (Å²) in [4.78, 5) is 22.2. The molecule has 2 aliphatic heterocycles. The number of fused-ring (bicyclic) bond motifs is 5. The molecule has 3 heterocycles. The van der Waals surface area contributed by atoms with E-state index in [4.69, 9.17) is 0 Å². The first-order chi connectivity index (χ1) is 15.3. The zero-order chi connectivity index (χ0) is 22.5. The summed E-state index contributed by atoms with van der Waals surface area (Å²) in [6.45, 7) is 0.349. The molecule has 1 aromatic carbocycles. The lowest BCUT2D eigenvalue weighted by molar-refractivity contribution is -0.137. The topological polar surface area (TPSA) is 82.2 Å². The molecule has 3 N–H and O–H groups in total. The number of carbonyl (C=O) groups excluding carboxylic acids is 1. The van der Waals surface area contributed by atoms with Crippen LogP contribution in [0.3, 0.4) is 0 Å². The van der Waals surface area contributed by atoms with Crippen molar-refractivity contribution < 1.29 is 18.0 Å². The van der Waals surface area contributed by atoms with Gasteiger partial charge in [-0.3, -0.25) is 9.69 Å². The predicted molar refractivity (Wildman–Crippen MR) is 114 cm³/mol. The average molecular weight is 446 g/mol. The normalized spacial score (nSPS) is 22.4. The third kappa shape index (κ3) is 3.76. The summed E-state index contributed by atoms with van der Waals surface area (Å²) in [7, 11) is 1.63. The second-order valence-corrected chi connectivity index (χ2v) is 8.65. The summed E-state index contributed by atoms with van der Waals surface area (Å²) in [6.07, 6.45) is 0.976. The number of nitrogens with zero attached hydrogens (tertiary/aromatic N) is 3. The van der Waals surface area contributed by atoms with Gasteiger partial charge in [0.05, 0.1) is 6.54 Å². The molecule has 0 radical (unpaired) electrons. The van der Waals surface area contributed by atoms with Gasteiger partial charge in [-0.15, -0.1) is 0 Å². The van der Waals surface area contributed by atoms with E-state index in [0.717, 1.165) is 43.9 Å². The quantitative estimate of drug-likeness (QED) is 0.619. The Hall–Kier alpha value is -2.88. The second kappa shape index (κ2) is 7.91. The fraction of sp³-hybridized carbons (Fsp3) is 0.500. The maximum atomic E-state index is 13.4. The van der Waals surface area contributed by atoms with Gasteiger partial charge >= 0.3 is 6.18 Å². The van der Waals surface area contributed by atoms with Crippen LogP contribution in [-0.2, 0) is 11.0 Å². The van der Waals surface area contributed by atoms with Gasteiger partial charge in [0.15, 0.2) is 0 Å². The molecule has 7 nitrogen and oxygen atoms in total. The molecule has 1 saturated heterocycles. The lowest BCUT2D eigenvalue weighted by Crippen LogP contribution is -2.33. The van der Waals surface area contributed by atoms with Crippen molar-refractivity contribution >= 4 is 23.4 Å². The van der Waals surface area contributed by atoms with Crippen molar-refractivity contribution in [3.63, 3.8) is 0 Å². The van der Waals surface area contributed by atoms with E-state index in [2.05, 4.69) is 30.8 Å². The Kier molecular flexibility index (Phi) is 5.19. The van der Waals surface area contributed by atoms with E-state index in [0.29, 0.717) is 12.2 Å². The molecule has 5 rings (SSSR count). The summed E-state index contributed by atoms with van der Waals surface area (Å²) in [5.41, 5.74) is 2.21. The molecule has 3 aliphatic rings. The fourth-order valence-corrected chi connectivity index (χ4v) is 4.88. The number of hydrogen-bond donors (Lipinski definition) is 3. The molecule has 1 saturated carbocycles. The van der Waals surface area contributed by atoms with Crippen molar-refractivity contribution in [2.24, 2.45) is 0 Å².